The number of rotatable bonds is 6. The summed E-state index contributed by atoms with van der Waals surface area (Å²) in [4.78, 5) is 23.8. The zero-order chi connectivity index (χ0) is 25.5. The highest BCUT2D eigenvalue weighted by Gasteiger charge is 2.31. The Labute approximate surface area is 216 Å². The van der Waals surface area contributed by atoms with Crippen molar-refractivity contribution in [1.82, 2.24) is 19.6 Å². The molecule has 4 aromatic rings. The maximum atomic E-state index is 12.0. The lowest BCUT2D eigenvalue weighted by Crippen LogP contribution is -2.27. The van der Waals surface area contributed by atoms with Crippen molar-refractivity contribution in [2.45, 2.75) is 32.1 Å². The maximum absolute atomic E-state index is 12.0. The number of benzene rings is 2. The molecule has 6 nitrogen and oxygen atoms in total. The fraction of sp³-hybridized carbons (Fsp3) is 0.226. The van der Waals surface area contributed by atoms with Gasteiger partial charge in [0.25, 0.3) is 0 Å². The minimum absolute atomic E-state index is 0.120. The van der Waals surface area contributed by atoms with E-state index in [9.17, 15) is 9.59 Å². The van der Waals surface area contributed by atoms with E-state index >= 15 is 0 Å². The number of aromatic nitrogens is 4. The quantitative estimate of drug-likeness (QED) is 0.305. The van der Waals surface area contributed by atoms with Gasteiger partial charge in [0.15, 0.2) is 0 Å². The Morgan fingerprint density at radius 3 is 1.41 bits per heavy atom. The molecule has 2 aromatic carbocycles. The molecule has 2 aliphatic carbocycles. The van der Waals surface area contributed by atoms with E-state index in [-0.39, 0.29) is 23.7 Å². The molecule has 6 heteroatoms. The Hall–Kier alpha value is -4.32. The van der Waals surface area contributed by atoms with Crippen LogP contribution in [0, 0.1) is 11.8 Å². The lowest BCUT2D eigenvalue weighted by molar-refractivity contribution is 0.0746. The summed E-state index contributed by atoms with van der Waals surface area (Å²) in [5.41, 5.74) is 3.88. The van der Waals surface area contributed by atoms with Crippen LogP contribution in [0.1, 0.15) is 64.2 Å². The SMILES string of the molecule is O=C(C1CC1)n1ccc(/C=C/c2ccccc2)n1.O=C(C1CCC1)n1ccc(/C=C/c2ccccc2)n1. The Morgan fingerprint density at radius 1 is 0.595 bits per heavy atom. The molecule has 2 aromatic heterocycles. The summed E-state index contributed by atoms with van der Waals surface area (Å²) in [6.07, 6.45) is 16.5. The van der Waals surface area contributed by atoms with Crippen LogP contribution in [-0.4, -0.2) is 31.4 Å². The predicted molar refractivity (Wildman–Crippen MR) is 147 cm³/mol. The van der Waals surface area contributed by atoms with E-state index in [2.05, 4.69) is 10.2 Å². The van der Waals surface area contributed by atoms with Gasteiger partial charge in [0.2, 0.25) is 11.8 Å². The molecule has 0 N–H and O–H groups in total. The Morgan fingerprint density at radius 2 is 1.03 bits per heavy atom. The lowest BCUT2D eigenvalue weighted by atomic mass is 9.85. The van der Waals surface area contributed by atoms with Crippen LogP contribution in [0.25, 0.3) is 24.3 Å². The van der Waals surface area contributed by atoms with E-state index in [1.807, 2.05) is 97.1 Å². The molecular formula is C31H30N4O2. The second kappa shape index (κ2) is 11.6. The van der Waals surface area contributed by atoms with Crippen LogP contribution in [0.5, 0.6) is 0 Å². The van der Waals surface area contributed by atoms with Crippen molar-refractivity contribution in [2.75, 3.05) is 0 Å². The molecule has 0 atom stereocenters. The molecule has 2 heterocycles. The largest absolute Gasteiger partial charge is 0.272 e. The van der Waals surface area contributed by atoms with Crippen molar-refractivity contribution < 1.29 is 9.59 Å². The summed E-state index contributed by atoms with van der Waals surface area (Å²) in [6.45, 7) is 0. The van der Waals surface area contributed by atoms with Gasteiger partial charge in [0, 0.05) is 24.2 Å². The topological polar surface area (TPSA) is 69.8 Å². The second-order valence-electron chi connectivity index (χ2n) is 9.44. The van der Waals surface area contributed by atoms with Gasteiger partial charge in [-0.05, 0) is 61.1 Å². The van der Waals surface area contributed by atoms with Crippen molar-refractivity contribution in [2.24, 2.45) is 11.8 Å². The van der Waals surface area contributed by atoms with Gasteiger partial charge in [-0.25, -0.2) is 9.36 Å². The fourth-order valence-electron chi connectivity index (χ4n) is 3.95. The average molecular weight is 491 g/mol. The summed E-state index contributed by atoms with van der Waals surface area (Å²) < 4.78 is 2.94. The van der Waals surface area contributed by atoms with Crippen molar-refractivity contribution in [3.8, 4) is 0 Å². The molecule has 2 aliphatic rings. The van der Waals surface area contributed by atoms with Gasteiger partial charge in [-0.1, -0.05) is 79.2 Å². The van der Waals surface area contributed by atoms with E-state index in [4.69, 9.17) is 0 Å². The predicted octanol–water partition coefficient (Wildman–Crippen LogP) is 6.60. The Balaban J connectivity index is 0.000000152. The lowest BCUT2D eigenvalue weighted by Gasteiger charge is -2.22. The third kappa shape index (κ3) is 6.67. The van der Waals surface area contributed by atoms with E-state index < -0.39 is 0 Å². The second-order valence-corrected chi connectivity index (χ2v) is 9.44. The number of nitrogens with zero attached hydrogens (tertiary/aromatic N) is 4. The summed E-state index contributed by atoms with van der Waals surface area (Å²) >= 11 is 0. The molecule has 2 saturated carbocycles. The molecule has 0 saturated heterocycles. The molecule has 186 valence electrons. The molecule has 0 unspecified atom stereocenters. The first-order valence-electron chi connectivity index (χ1n) is 12.8. The highest BCUT2D eigenvalue weighted by Crippen LogP contribution is 2.30. The maximum Gasteiger partial charge on any atom is 0.249 e. The highest BCUT2D eigenvalue weighted by molar-refractivity contribution is 5.83. The first-order chi connectivity index (χ1) is 18.2. The van der Waals surface area contributed by atoms with Gasteiger partial charge in [0.05, 0.1) is 11.4 Å². The van der Waals surface area contributed by atoms with E-state index in [1.54, 1.807) is 12.4 Å². The average Bonchev–Trinajstić information content (AvgIpc) is 3.45. The molecule has 0 spiro atoms. The van der Waals surface area contributed by atoms with Crippen LogP contribution < -0.4 is 0 Å². The van der Waals surface area contributed by atoms with Crippen LogP contribution in [0.2, 0.25) is 0 Å². The van der Waals surface area contributed by atoms with Gasteiger partial charge in [-0.3, -0.25) is 9.59 Å². The minimum atomic E-state index is 0.120. The van der Waals surface area contributed by atoms with Crippen LogP contribution in [-0.2, 0) is 0 Å². The first-order valence-corrected chi connectivity index (χ1v) is 12.8. The number of carbonyl (C=O) groups is 2. The van der Waals surface area contributed by atoms with E-state index in [0.717, 1.165) is 48.2 Å². The Kier molecular flexibility index (Phi) is 7.65. The number of hydrogen-bond donors (Lipinski definition) is 0. The third-order valence-corrected chi connectivity index (χ3v) is 6.54. The van der Waals surface area contributed by atoms with Gasteiger partial charge in [-0.15, -0.1) is 0 Å². The molecule has 0 aliphatic heterocycles. The van der Waals surface area contributed by atoms with Crippen LogP contribution in [0.3, 0.4) is 0 Å². The normalized spacial score (nSPS) is 15.4. The molecule has 37 heavy (non-hydrogen) atoms. The molecule has 2 fully saturated rings. The minimum Gasteiger partial charge on any atom is -0.272 e. The zero-order valence-electron chi connectivity index (χ0n) is 20.7. The summed E-state index contributed by atoms with van der Waals surface area (Å²) in [6, 6.07) is 23.8. The third-order valence-electron chi connectivity index (χ3n) is 6.54. The fourth-order valence-corrected chi connectivity index (χ4v) is 3.95. The summed E-state index contributed by atoms with van der Waals surface area (Å²) in [5, 5.41) is 8.58. The monoisotopic (exact) mass is 490 g/mol. The van der Waals surface area contributed by atoms with Crippen molar-refractivity contribution in [1.29, 1.82) is 0 Å². The van der Waals surface area contributed by atoms with Gasteiger partial charge >= 0.3 is 0 Å². The number of carbonyl (C=O) groups excluding carboxylic acids is 2. The molecule has 0 bridgehead atoms. The summed E-state index contributed by atoms with van der Waals surface area (Å²) in [7, 11) is 0. The van der Waals surface area contributed by atoms with Gasteiger partial charge < -0.3 is 0 Å². The standard InChI is InChI=1S/C16H16N2O.C15H14N2O/c19-16(14-7-4-8-14)18-12-11-15(17-18)10-9-13-5-2-1-3-6-13;18-15(13-7-8-13)17-11-10-14(16-17)9-6-12-4-2-1-3-5-12/h1-3,5-6,9-12,14H,4,7-8H2;1-6,9-11,13H,7-8H2/b10-9+;9-6+. The van der Waals surface area contributed by atoms with Crippen LogP contribution in [0.4, 0.5) is 0 Å². The van der Waals surface area contributed by atoms with E-state index in [0.29, 0.717) is 0 Å². The molecular weight excluding hydrogens is 460 g/mol. The van der Waals surface area contributed by atoms with Crippen molar-refractivity contribution >= 4 is 36.1 Å². The first kappa shape index (κ1) is 24.4. The Bertz CT molecular complexity index is 1390. The van der Waals surface area contributed by atoms with Crippen molar-refractivity contribution in [3.05, 3.63) is 108 Å². The highest BCUT2D eigenvalue weighted by atomic mass is 16.2. The zero-order valence-corrected chi connectivity index (χ0v) is 20.7. The molecule has 6 rings (SSSR count). The van der Waals surface area contributed by atoms with E-state index in [1.165, 1.54) is 15.8 Å². The van der Waals surface area contributed by atoms with Gasteiger partial charge in [0.1, 0.15) is 0 Å². The molecule has 0 radical (unpaired) electrons. The summed E-state index contributed by atoms with van der Waals surface area (Å²) in [5.74, 6) is 0.640. The smallest absolute Gasteiger partial charge is 0.249 e. The van der Waals surface area contributed by atoms with Gasteiger partial charge in [-0.2, -0.15) is 10.2 Å². The van der Waals surface area contributed by atoms with Crippen molar-refractivity contribution in [3.63, 3.8) is 0 Å². The molecule has 0 amide bonds. The number of hydrogen-bond acceptors (Lipinski definition) is 4. The van der Waals surface area contributed by atoms with Crippen LogP contribution >= 0.6 is 0 Å². The van der Waals surface area contributed by atoms with Crippen LogP contribution in [0.15, 0.2) is 85.2 Å².